The Bertz CT molecular complexity index is 837. The van der Waals surface area contributed by atoms with Crippen LogP contribution in [0.15, 0.2) is 48.5 Å². The average Bonchev–Trinajstić information content (AvgIpc) is 2.70. The maximum atomic E-state index is 13.9. The number of piperazine rings is 1. The first-order chi connectivity index (χ1) is 13.0. The fourth-order valence-corrected chi connectivity index (χ4v) is 3.51. The average molecular weight is 391 g/mol. The van der Waals surface area contributed by atoms with Crippen LogP contribution in [-0.4, -0.2) is 55.0 Å². The molecule has 1 aliphatic rings. The zero-order valence-electron chi connectivity index (χ0n) is 14.9. The summed E-state index contributed by atoms with van der Waals surface area (Å²) in [7, 11) is 1.34. The number of nitrogens with zero attached hydrogens (tertiary/aromatic N) is 2. The summed E-state index contributed by atoms with van der Waals surface area (Å²) in [6, 6.07) is 12.4. The number of esters is 1. The molecule has 3 rings (SSSR count). The Morgan fingerprint density at radius 3 is 2.30 bits per heavy atom. The third kappa shape index (κ3) is 4.12. The molecule has 2 aromatic carbocycles. The van der Waals surface area contributed by atoms with E-state index in [1.165, 1.54) is 19.2 Å². The van der Waals surface area contributed by atoms with Gasteiger partial charge in [-0.2, -0.15) is 0 Å². The molecule has 0 N–H and O–H groups in total. The number of hydrogen-bond donors (Lipinski definition) is 0. The second-order valence-electron chi connectivity index (χ2n) is 6.26. The van der Waals surface area contributed by atoms with Crippen LogP contribution in [-0.2, 0) is 9.53 Å². The molecule has 1 atom stereocenters. The lowest BCUT2D eigenvalue weighted by Crippen LogP contribution is -2.51. The molecule has 0 aromatic heterocycles. The maximum absolute atomic E-state index is 13.9. The van der Waals surface area contributed by atoms with Crippen molar-refractivity contribution >= 4 is 23.5 Å². The van der Waals surface area contributed by atoms with Crippen molar-refractivity contribution in [2.45, 2.75) is 6.04 Å². The third-order valence-electron chi connectivity index (χ3n) is 4.70. The largest absolute Gasteiger partial charge is 0.468 e. The van der Waals surface area contributed by atoms with Crippen LogP contribution >= 0.6 is 11.6 Å². The number of amides is 1. The molecule has 1 fully saturated rings. The van der Waals surface area contributed by atoms with Gasteiger partial charge >= 0.3 is 5.97 Å². The van der Waals surface area contributed by atoms with Gasteiger partial charge in [-0.25, -0.2) is 9.18 Å². The van der Waals surface area contributed by atoms with Gasteiger partial charge in [0.25, 0.3) is 5.91 Å². The van der Waals surface area contributed by atoms with Gasteiger partial charge in [0.15, 0.2) is 0 Å². The topological polar surface area (TPSA) is 49.9 Å². The molecular formula is C20H20ClFN2O3. The summed E-state index contributed by atoms with van der Waals surface area (Å²) in [5.74, 6) is -1.29. The standard InChI is InChI=1S/C20H20ClFN2O3/c1-27-20(26)18(14-6-2-4-8-16(14)21)23-10-12-24(13-11-23)19(25)15-7-3-5-9-17(15)22/h2-9,18H,10-13H2,1H3. The first-order valence-electron chi connectivity index (χ1n) is 8.63. The highest BCUT2D eigenvalue weighted by Crippen LogP contribution is 2.29. The monoisotopic (exact) mass is 390 g/mol. The Balaban J connectivity index is 1.75. The Morgan fingerprint density at radius 1 is 1.04 bits per heavy atom. The van der Waals surface area contributed by atoms with E-state index in [-0.39, 0.29) is 11.5 Å². The molecule has 0 radical (unpaired) electrons. The molecule has 1 amide bonds. The van der Waals surface area contributed by atoms with Gasteiger partial charge in [0, 0.05) is 31.2 Å². The molecule has 5 nitrogen and oxygen atoms in total. The summed E-state index contributed by atoms with van der Waals surface area (Å²) in [6.07, 6.45) is 0. The van der Waals surface area contributed by atoms with Crippen molar-refractivity contribution < 1.29 is 18.7 Å². The lowest BCUT2D eigenvalue weighted by atomic mass is 10.0. The van der Waals surface area contributed by atoms with E-state index in [1.807, 2.05) is 11.0 Å². The number of hydrogen-bond acceptors (Lipinski definition) is 4. The Hall–Kier alpha value is -2.44. The number of carbonyl (C=O) groups excluding carboxylic acids is 2. The predicted molar refractivity (Wildman–Crippen MR) is 100 cm³/mol. The molecule has 1 unspecified atom stereocenters. The molecule has 0 aliphatic carbocycles. The molecule has 0 bridgehead atoms. The van der Waals surface area contributed by atoms with Gasteiger partial charge in [-0.1, -0.05) is 41.9 Å². The van der Waals surface area contributed by atoms with Crippen LogP contribution < -0.4 is 0 Å². The molecule has 1 heterocycles. The van der Waals surface area contributed by atoms with Gasteiger partial charge in [0.2, 0.25) is 0 Å². The summed E-state index contributed by atoms with van der Waals surface area (Å²) in [6.45, 7) is 1.66. The van der Waals surface area contributed by atoms with E-state index in [4.69, 9.17) is 16.3 Å². The summed E-state index contributed by atoms with van der Waals surface area (Å²) in [5, 5.41) is 0.484. The zero-order valence-corrected chi connectivity index (χ0v) is 15.7. The first-order valence-corrected chi connectivity index (χ1v) is 9.01. The lowest BCUT2D eigenvalue weighted by molar-refractivity contribution is -0.148. The fraction of sp³-hybridized carbons (Fsp3) is 0.300. The highest BCUT2D eigenvalue weighted by Gasteiger charge is 2.34. The van der Waals surface area contributed by atoms with Crippen molar-refractivity contribution in [2.24, 2.45) is 0 Å². The summed E-state index contributed by atoms with van der Waals surface area (Å²) >= 11 is 6.28. The van der Waals surface area contributed by atoms with Crippen molar-refractivity contribution in [3.05, 3.63) is 70.5 Å². The quantitative estimate of drug-likeness (QED) is 0.752. The highest BCUT2D eigenvalue weighted by atomic mass is 35.5. The number of halogens is 2. The predicted octanol–water partition coefficient (Wildman–Crippen LogP) is 3.15. The van der Waals surface area contributed by atoms with Crippen LogP contribution in [0.5, 0.6) is 0 Å². The Kier molecular flexibility index (Phi) is 6.08. The van der Waals surface area contributed by atoms with Crippen LogP contribution in [0.25, 0.3) is 0 Å². The molecule has 1 aliphatic heterocycles. The van der Waals surface area contributed by atoms with E-state index >= 15 is 0 Å². The van der Waals surface area contributed by atoms with Crippen LogP contribution in [0.2, 0.25) is 5.02 Å². The van der Waals surface area contributed by atoms with Gasteiger partial charge in [-0.05, 0) is 23.8 Å². The lowest BCUT2D eigenvalue weighted by Gasteiger charge is -2.38. The van der Waals surface area contributed by atoms with Gasteiger partial charge in [0.1, 0.15) is 11.9 Å². The van der Waals surface area contributed by atoms with E-state index in [2.05, 4.69) is 0 Å². The Labute approximate surface area is 162 Å². The summed E-state index contributed by atoms with van der Waals surface area (Å²) in [4.78, 5) is 28.5. The van der Waals surface area contributed by atoms with Gasteiger partial charge in [-0.15, -0.1) is 0 Å². The molecule has 2 aromatic rings. The normalized spacial score (nSPS) is 16.0. The SMILES string of the molecule is COC(=O)C(c1ccccc1Cl)N1CCN(C(=O)c2ccccc2F)CC1. The minimum atomic E-state index is -0.644. The maximum Gasteiger partial charge on any atom is 0.327 e. The first kappa shape index (κ1) is 19.3. The van der Waals surface area contributed by atoms with Crippen molar-refractivity contribution in [1.29, 1.82) is 0 Å². The molecule has 0 saturated carbocycles. The molecule has 1 saturated heterocycles. The number of rotatable bonds is 4. The van der Waals surface area contributed by atoms with Crippen molar-refractivity contribution in [3.63, 3.8) is 0 Å². The third-order valence-corrected chi connectivity index (χ3v) is 5.04. The van der Waals surface area contributed by atoms with Crippen molar-refractivity contribution in [2.75, 3.05) is 33.3 Å². The minimum absolute atomic E-state index is 0.0570. The van der Waals surface area contributed by atoms with Gasteiger partial charge in [0.05, 0.1) is 12.7 Å². The number of ether oxygens (including phenoxy) is 1. The smallest absolute Gasteiger partial charge is 0.327 e. The molecule has 7 heteroatoms. The van der Waals surface area contributed by atoms with Gasteiger partial charge < -0.3 is 9.64 Å². The van der Waals surface area contributed by atoms with Crippen LogP contribution in [0.1, 0.15) is 22.0 Å². The minimum Gasteiger partial charge on any atom is -0.468 e. The van der Waals surface area contributed by atoms with E-state index in [1.54, 1.807) is 35.2 Å². The second kappa shape index (κ2) is 8.50. The number of carbonyl (C=O) groups is 2. The van der Waals surface area contributed by atoms with Crippen LogP contribution in [0, 0.1) is 5.82 Å². The second-order valence-corrected chi connectivity index (χ2v) is 6.66. The van der Waals surface area contributed by atoms with E-state index < -0.39 is 17.8 Å². The summed E-state index contributed by atoms with van der Waals surface area (Å²) < 4.78 is 18.8. The fourth-order valence-electron chi connectivity index (χ4n) is 3.27. The van der Waals surface area contributed by atoms with E-state index in [0.29, 0.717) is 36.8 Å². The molecule has 142 valence electrons. The van der Waals surface area contributed by atoms with Crippen LogP contribution in [0.4, 0.5) is 4.39 Å². The van der Waals surface area contributed by atoms with Gasteiger partial charge in [-0.3, -0.25) is 9.69 Å². The van der Waals surface area contributed by atoms with E-state index in [9.17, 15) is 14.0 Å². The number of benzene rings is 2. The highest BCUT2D eigenvalue weighted by molar-refractivity contribution is 6.31. The number of methoxy groups -OCH3 is 1. The van der Waals surface area contributed by atoms with E-state index in [0.717, 1.165) is 0 Å². The van der Waals surface area contributed by atoms with Crippen molar-refractivity contribution in [1.82, 2.24) is 9.80 Å². The molecule has 0 spiro atoms. The molecular weight excluding hydrogens is 371 g/mol. The zero-order chi connectivity index (χ0) is 19.4. The van der Waals surface area contributed by atoms with Crippen molar-refractivity contribution in [3.8, 4) is 0 Å². The molecule has 27 heavy (non-hydrogen) atoms. The van der Waals surface area contributed by atoms with Crippen LogP contribution in [0.3, 0.4) is 0 Å². The Morgan fingerprint density at radius 2 is 1.67 bits per heavy atom. The summed E-state index contributed by atoms with van der Waals surface area (Å²) in [5.41, 5.74) is 0.724.